The minimum absolute atomic E-state index is 0.0482. The highest BCUT2D eigenvalue weighted by Crippen LogP contribution is 2.39. The van der Waals surface area contributed by atoms with Gasteiger partial charge in [-0.2, -0.15) is 0 Å². The van der Waals surface area contributed by atoms with E-state index in [-0.39, 0.29) is 5.54 Å². The Morgan fingerprint density at radius 3 is 2.62 bits per heavy atom. The van der Waals surface area contributed by atoms with Gasteiger partial charge in [-0.05, 0) is 52.3 Å². The first-order chi connectivity index (χ1) is 11.5. The van der Waals surface area contributed by atoms with Crippen molar-refractivity contribution in [3.8, 4) is 0 Å². The largest absolute Gasteiger partial charge is 0.341 e. The lowest BCUT2D eigenvalue weighted by Gasteiger charge is -2.38. The zero-order valence-electron chi connectivity index (χ0n) is 15.2. The molecule has 1 aromatic rings. The third kappa shape index (κ3) is 3.53. The molecule has 6 nitrogen and oxygen atoms in total. The number of aromatic nitrogens is 2. The number of carbonyl (C=O) groups is 1. The molecule has 3 heterocycles. The van der Waals surface area contributed by atoms with Crippen molar-refractivity contribution in [2.75, 3.05) is 45.2 Å². The summed E-state index contributed by atoms with van der Waals surface area (Å²) in [7, 11) is 4.13. The Kier molecular flexibility index (Phi) is 5.04. The third-order valence-electron chi connectivity index (χ3n) is 5.42. The quantitative estimate of drug-likeness (QED) is 0.840. The van der Waals surface area contributed by atoms with Crippen molar-refractivity contribution in [2.45, 2.75) is 44.6 Å². The van der Waals surface area contributed by atoms with E-state index in [9.17, 15) is 4.79 Å². The lowest BCUT2D eigenvalue weighted by molar-refractivity contribution is -0.131. The molecule has 0 N–H and O–H groups in total. The lowest BCUT2D eigenvalue weighted by atomic mass is 9.87. The number of likely N-dealkylation sites (N-methyl/N-ethyl adjacent to an activating group) is 1. The first kappa shape index (κ1) is 17.1. The van der Waals surface area contributed by atoms with Crippen LogP contribution in [-0.4, -0.2) is 71.5 Å². The number of nitrogens with zero attached hydrogens (tertiary/aromatic N) is 5. The van der Waals surface area contributed by atoms with Crippen LogP contribution in [0.25, 0.3) is 0 Å². The normalized spacial score (nSPS) is 24.9. The Hall–Kier alpha value is -1.69. The van der Waals surface area contributed by atoms with Crippen molar-refractivity contribution in [3.63, 3.8) is 0 Å². The van der Waals surface area contributed by atoms with E-state index in [1.807, 2.05) is 19.3 Å². The summed E-state index contributed by atoms with van der Waals surface area (Å²) in [6.07, 6.45) is 8.66. The van der Waals surface area contributed by atoms with E-state index in [0.717, 1.165) is 63.4 Å². The summed E-state index contributed by atoms with van der Waals surface area (Å²) in [5.74, 6) is 1.15. The predicted octanol–water partition coefficient (Wildman–Crippen LogP) is 1.70. The number of anilines is 1. The van der Waals surface area contributed by atoms with Gasteiger partial charge in [0.15, 0.2) is 0 Å². The Labute approximate surface area is 144 Å². The summed E-state index contributed by atoms with van der Waals surface area (Å²) in [5.41, 5.74) is 1.13. The smallest absolute Gasteiger partial charge is 0.225 e. The van der Waals surface area contributed by atoms with Gasteiger partial charge in [-0.1, -0.05) is 0 Å². The van der Waals surface area contributed by atoms with Crippen molar-refractivity contribution in [1.82, 2.24) is 19.8 Å². The third-order valence-corrected chi connectivity index (χ3v) is 5.42. The molecule has 3 rings (SSSR count). The van der Waals surface area contributed by atoms with E-state index >= 15 is 0 Å². The molecule has 1 amide bonds. The molecule has 0 bridgehead atoms. The molecule has 0 saturated carbocycles. The maximum Gasteiger partial charge on any atom is 0.225 e. The molecule has 2 saturated heterocycles. The van der Waals surface area contributed by atoms with Gasteiger partial charge >= 0.3 is 0 Å². The molecule has 2 aliphatic heterocycles. The first-order valence-electron chi connectivity index (χ1n) is 8.99. The Morgan fingerprint density at radius 2 is 1.92 bits per heavy atom. The fourth-order valence-corrected chi connectivity index (χ4v) is 3.98. The van der Waals surface area contributed by atoms with Crippen LogP contribution in [0, 0.1) is 6.92 Å². The van der Waals surface area contributed by atoms with Gasteiger partial charge < -0.3 is 14.7 Å². The molecular weight excluding hydrogens is 302 g/mol. The summed E-state index contributed by atoms with van der Waals surface area (Å²) in [4.78, 5) is 28.0. The number of rotatable bonds is 4. The SMILES string of the molecule is Cc1cnc(N2CCC[C@@]3(CCC(=O)N3CCN(C)C)CC2)nc1. The zero-order valence-corrected chi connectivity index (χ0v) is 15.2. The van der Waals surface area contributed by atoms with Crippen LogP contribution in [0.5, 0.6) is 0 Å². The summed E-state index contributed by atoms with van der Waals surface area (Å²) >= 11 is 0. The molecule has 0 aliphatic carbocycles. The fraction of sp³-hybridized carbons (Fsp3) is 0.722. The highest BCUT2D eigenvalue weighted by atomic mass is 16.2. The molecule has 6 heteroatoms. The van der Waals surface area contributed by atoms with Gasteiger partial charge in [0.05, 0.1) is 0 Å². The van der Waals surface area contributed by atoms with Crippen LogP contribution < -0.4 is 4.90 Å². The number of likely N-dealkylation sites (tertiary alicyclic amines) is 1. The van der Waals surface area contributed by atoms with Crippen molar-refractivity contribution in [1.29, 1.82) is 0 Å². The number of carbonyl (C=O) groups excluding carboxylic acids is 1. The second-order valence-corrected chi connectivity index (χ2v) is 7.47. The predicted molar refractivity (Wildman–Crippen MR) is 95.1 cm³/mol. The molecule has 24 heavy (non-hydrogen) atoms. The van der Waals surface area contributed by atoms with Gasteiger partial charge in [0.25, 0.3) is 0 Å². The average molecular weight is 331 g/mol. The second kappa shape index (κ2) is 7.05. The number of amides is 1. The highest BCUT2D eigenvalue weighted by molar-refractivity contribution is 5.79. The first-order valence-corrected chi connectivity index (χ1v) is 8.99. The summed E-state index contributed by atoms with van der Waals surface area (Å²) < 4.78 is 0. The molecule has 132 valence electrons. The van der Waals surface area contributed by atoms with E-state index in [0.29, 0.717) is 12.3 Å². The van der Waals surface area contributed by atoms with Crippen molar-refractivity contribution in [3.05, 3.63) is 18.0 Å². The van der Waals surface area contributed by atoms with Crippen LogP contribution in [0.15, 0.2) is 12.4 Å². The van der Waals surface area contributed by atoms with Gasteiger partial charge in [0, 0.05) is 50.5 Å². The van der Waals surface area contributed by atoms with Crippen molar-refractivity contribution >= 4 is 11.9 Å². The molecule has 0 radical (unpaired) electrons. The van der Waals surface area contributed by atoms with Gasteiger partial charge in [-0.15, -0.1) is 0 Å². The van der Waals surface area contributed by atoms with E-state index in [2.05, 4.69) is 38.8 Å². The molecule has 1 aromatic heterocycles. The maximum atomic E-state index is 12.4. The minimum atomic E-state index is 0.0482. The molecular formula is C18H29N5O. The van der Waals surface area contributed by atoms with E-state index < -0.39 is 0 Å². The topological polar surface area (TPSA) is 52.6 Å². The standard InChI is InChI=1S/C18H29N5O/c1-15-13-19-17(20-14-15)22-9-4-6-18(8-10-22)7-5-16(24)23(18)12-11-21(2)3/h13-14H,4-12H2,1-3H3/t18-/m1/s1. The molecule has 1 spiro atoms. The van der Waals surface area contributed by atoms with Gasteiger partial charge in [-0.3, -0.25) is 4.79 Å². The van der Waals surface area contributed by atoms with E-state index in [1.165, 1.54) is 0 Å². The minimum Gasteiger partial charge on any atom is -0.341 e. The van der Waals surface area contributed by atoms with Crippen LogP contribution in [0.4, 0.5) is 5.95 Å². The van der Waals surface area contributed by atoms with Crippen LogP contribution in [-0.2, 0) is 4.79 Å². The van der Waals surface area contributed by atoms with Crippen LogP contribution in [0.1, 0.15) is 37.7 Å². The highest BCUT2D eigenvalue weighted by Gasteiger charge is 2.45. The Bertz CT molecular complexity index is 573. The second-order valence-electron chi connectivity index (χ2n) is 7.47. The van der Waals surface area contributed by atoms with Crippen molar-refractivity contribution < 1.29 is 4.79 Å². The number of aryl methyl sites for hydroxylation is 1. The number of hydrogen-bond donors (Lipinski definition) is 0. The zero-order chi connectivity index (χ0) is 17.2. The summed E-state index contributed by atoms with van der Waals surface area (Å²) in [6, 6.07) is 0. The van der Waals surface area contributed by atoms with Crippen LogP contribution in [0.3, 0.4) is 0 Å². The lowest BCUT2D eigenvalue weighted by Crippen LogP contribution is -2.48. The summed E-state index contributed by atoms with van der Waals surface area (Å²) in [6.45, 7) is 5.68. The summed E-state index contributed by atoms with van der Waals surface area (Å²) in [5, 5.41) is 0. The molecule has 2 fully saturated rings. The molecule has 0 unspecified atom stereocenters. The molecule has 1 atom stereocenters. The van der Waals surface area contributed by atoms with Gasteiger partial charge in [0.1, 0.15) is 0 Å². The molecule has 2 aliphatic rings. The monoisotopic (exact) mass is 331 g/mol. The van der Waals surface area contributed by atoms with Gasteiger partial charge in [0.2, 0.25) is 11.9 Å². The van der Waals surface area contributed by atoms with Crippen LogP contribution in [0.2, 0.25) is 0 Å². The molecule has 0 aromatic carbocycles. The van der Waals surface area contributed by atoms with E-state index in [1.54, 1.807) is 0 Å². The van der Waals surface area contributed by atoms with E-state index in [4.69, 9.17) is 0 Å². The average Bonchev–Trinajstić information content (AvgIpc) is 2.72. The van der Waals surface area contributed by atoms with Gasteiger partial charge in [-0.25, -0.2) is 9.97 Å². The van der Waals surface area contributed by atoms with Crippen LogP contribution >= 0.6 is 0 Å². The Balaban J connectivity index is 1.71. The Morgan fingerprint density at radius 1 is 1.17 bits per heavy atom. The fourth-order valence-electron chi connectivity index (χ4n) is 3.98. The van der Waals surface area contributed by atoms with Crippen molar-refractivity contribution in [2.24, 2.45) is 0 Å². The maximum absolute atomic E-state index is 12.4. The number of hydrogen-bond acceptors (Lipinski definition) is 5.